The van der Waals surface area contributed by atoms with Gasteiger partial charge in [-0.3, -0.25) is 0 Å². The van der Waals surface area contributed by atoms with E-state index in [1.807, 2.05) is 18.2 Å². The van der Waals surface area contributed by atoms with Crippen LogP contribution in [0.25, 0.3) is 6.08 Å². The monoisotopic (exact) mass is 438 g/mol. The summed E-state index contributed by atoms with van der Waals surface area (Å²) in [6, 6.07) is 12.7. The highest BCUT2D eigenvalue weighted by molar-refractivity contribution is 5.55. The quantitative estimate of drug-likeness (QED) is 0.383. The summed E-state index contributed by atoms with van der Waals surface area (Å²) in [5.41, 5.74) is 6.56. The van der Waals surface area contributed by atoms with Crippen LogP contribution >= 0.6 is 0 Å². The number of hydrogen-bond acceptors (Lipinski definition) is 3. The Morgan fingerprint density at radius 1 is 0.844 bits per heavy atom. The minimum Gasteiger partial charge on any atom is -0.393 e. The topological polar surface area (TPSA) is 60.7 Å². The lowest BCUT2D eigenvalue weighted by Crippen LogP contribution is -2.22. The molecule has 3 nitrogen and oxygen atoms in total. The number of hydrogen-bond donors (Lipinski definition) is 3. The predicted octanol–water partition coefficient (Wildman–Crippen LogP) is 5.95. The van der Waals surface area contributed by atoms with Gasteiger partial charge in [-0.15, -0.1) is 0 Å². The maximum atomic E-state index is 10.2. The van der Waals surface area contributed by atoms with E-state index in [1.165, 1.54) is 16.7 Å². The second-order valence-electron chi connectivity index (χ2n) is 9.23. The molecule has 176 valence electrons. The van der Waals surface area contributed by atoms with Gasteiger partial charge in [0.25, 0.3) is 0 Å². The maximum absolute atomic E-state index is 10.2. The number of allylic oxidation sites excluding steroid dienone is 1. The van der Waals surface area contributed by atoms with E-state index in [9.17, 15) is 15.3 Å². The van der Waals surface area contributed by atoms with E-state index >= 15 is 0 Å². The molecule has 1 unspecified atom stereocenters. The number of aryl methyl sites for hydroxylation is 2. The largest absolute Gasteiger partial charge is 0.393 e. The van der Waals surface area contributed by atoms with Gasteiger partial charge < -0.3 is 15.3 Å². The highest BCUT2D eigenvalue weighted by Gasteiger charge is 2.26. The van der Waals surface area contributed by atoms with Crippen LogP contribution in [0.4, 0.5) is 0 Å². The number of benzene rings is 2. The molecule has 0 bridgehead atoms. The van der Waals surface area contributed by atoms with E-state index in [2.05, 4.69) is 65.0 Å². The van der Waals surface area contributed by atoms with Crippen molar-refractivity contribution in [3.05, 3.63) is 75.9 Å². The first kappa shape index (κ1) is 26.3. The van der Waals surface area contributed by atoms with Gasteiger partial charge in [0.1, 0.15) is 0 Å². The first-order valence-electron chi connectivity index (χ1n) is 12.2. The molecule has 0 fully saturated rings. The van der Waals surface area contributed by atoms with Crippen molar-refractivity contribution in [2.45, 2.75) is 91.5 Å². The summed E-state index contributed by atoms with van der Waals surface area (Å²) in [5.74, 6) is 0.287. The third-order valence-electron chi connectivity index (χ3n) is 7.07. The van der Waals surface area contributed by atoms with Gasteiger partial charge >= 0.3 is 0 Å². The molecule has 0 heterocycles. The van der Waals surface area contributed by atoms with Gasteiger partial charge in [-0.05, 0) is 77.5 Å². The van der Waals surface area contributed by atoms with Gasteiger partial charge in [0.05, 0.1) is 19.3 Å². The summed E-state index contributed by atoms with van der Waals surface area (Å²) in [5, 5.41) is 29.3. The Balaban J connectivity index is 2.35. The summed E-state index contributed by atoms with van der Waals surface area (Å²) in [6.45, 7) is 10.7. The van der Waals surface area contributed by atoms with E-state index in [0.717, 1.165) is 48.8 Å². The Labute approximate surface area is 194 Å². The fourth-order valence-corrected chi connectivity index (χ4v) is 4.44. The smallest absolute Gasteiger partial charge is 0.0685 e. The van der Waals surface area contributed by atoms with Gasteiger partial charge in [-0.1, -0.05) is 77.1 Å². The third kappa shape index (κ3) is 6.31. The molecule has 0 aromatic heterocycles. The molecule has 32 heavy (non-hydrogen) atoms. The Bertz CT molecular complexity index is 878. The first-order chi connectivity index (χ1) is 15.3. The van der Waals surface area contributed by atoms with Crippen molar-refractivity contribution >= 4 is 6.08 Å². The highest BCUT2D eigenvalue weighted by Crippen LogP contribution is 2.35. The van der Waals surface area contributed by atoms with Crippen molar-refractivity contribution in [3.8, 4) is 0 Å². The predicted molar refractivity (Wildman–Crippen MR) is 135 cm³/mol. The van der Waals surface area contributed by atoms with Gasteiger partial charge in [-0.25, -0.2) is 0 Å². The van der Waals surface area contributed by atoms with Gasteiger partial charge in [-0.2, -0.15) is 0 Å². The van der Waals surface area contributed by atoms with E-state index in [-0.39, 0.29) is 30.7 Å². The van der Waals surface area contributed by atoms with Crippen LogP contribution in [0.2, 0.25) is 0 Å². The van der Waals surface area contributed by atoms with Gasteiger partial charge in [0, 0.05) is 5.41 Å². The molecule has 3 N–H and O–H groups in total. The second-order valence-corrected chi connectivity index (χ2v) is 9.23. The molecule has 0 amide bonds. The zero-order valence-corrected chi connectivity index (χ0v) is 20.6. The summed E-state index contributed by atoms with van der Waals surface area (Å²) in [7, 11) is 0. The standard InChI is InChI=1S/C29H42O3/c1-6-23-18-27(13-11-24(23)12-14-28(32)21(4)5)29(7-2,8-3)16-15-22-9-10-25(19-30)26(17-22)20-31/h9-11,13,15-18,21,28,30-32H,6-8,12,14,19-20H2,1-5H3/b16-15+. The lowest BCUT2D eigenvalue weighted by Gasteiger charge is -2.30. The minimum atomic E-state index is -0.256. The van der Waals surface area contributed by atoms with Crippen molar-refractivity contribution in [3.63, 3.8) is 0 Å². The van der Waals surface area contributed by atoms with Crippen molar-refractivity contribution in [2.24, 2.45) is 5.92 Å². The van der Waals surface area contributed by atoms with E-state index in [1.54, 1.807) is 0 Å². The third-order valence-corrected chi connectivity index (χ3v) is 7.07. The van der Waals surface area contributed by atoms with Crippen LogP contribution in [0, 0.1) is 5.92 Å². The van der Waals surface area contributed by atoms with E-state index < -0.39 is 0 Å². The average molecular weight is 439 g/mol. The summed E-state index contributed by atoms with van der Waals surface area (Å²) >= 11 is 0. The van der Waals surface area contributed by atoms with Crippen molar-refractivity contribution in [2.75, 3.05) is 0 Å². The van der Waals surface area contributed by atoms with Crippen molar-refractivity contribution in [1.29, 1.82) is 0 Å². The van der Waals surface area contributed by atoms with Crippen LogP contribution in [-0.2, 0) is 31.5 Å². The van der Waals surface area contributed by atoms with E-state index in [0.29, 0.717) is 0 Å². The van der Waals surface area contributed by atoms with Crippen LogP contribution in [0.15, 0.2) is 42.5 Å². The van der Waals surface area contributed by atoms with Crippen LogP contribution in [-0.4, -0.2) is 21.4 Å². The second kappa shape index (κ2) is 12.3. The van der Waals surface area contributed by atoms with Gasteiger partial charge in [0.15, 0.2) is 0 Å². The molecule has 0 saturated heterocycles. The molecule has 3 heteroatoms. The Kier molecular flexibility index (Phi) is 10.1. The number of aliphatic hydroxyl groups excluding tert-OH is 3. The molecular weight excluding hydrogens is 396 g/mol. The van der Waals surface area contributed by atoms with Crippen LogP contribution in [0.5, 0.6) is 0 Å². The van der Waals surface area contributed by atoms with Gasteiger partial charge in [0.2, 0.25) is 0 Å². The number of rotatable bonds is 12. The SMILES string of the molecule is CCc1cc(C(/C=C/c2ccc(CO)c(CO)c2)(CC)CC)ccc1CCC(O)C(C)C. The highest BCUT2D eigenvalue weighted by atomic mass is 16.3. The average Bonchev–Trinajstić information content (AvgIpc) is 2.83. The van der Waals surface area contributed by atoms with Crippen molar-refractivity contribution < 1.29 is 15.3 Å². The minimum absolute atomic E-state index is 0.0606. The van der Waals surface area contributed by atoms with Crippen LogP contribution < -0.4 is 0 Å². The molecular formula is C29H42O3. The normalized spacial score (nSPS) is 13.3. The van der Waals surface area contributed by atoms with Crippen LogP contribution in [0.1, 0.15) is 87.3 Å². The molecule has 1 atom stereocenters. The molecule has 2 aromatic carbocycles. The van der Waals surface area contributed by atoms with Crippen molar-refractivity contribution in [1.82, 2.24) is 0 Å². The molecule has 2 aromatic rings. The molecule has 0 saturated carbocycles. The summed E-state index contributed by atoms with van der Waals surface area (Å²) < 4.78 is 0. The fourth-order valence-electron chi connectivity index (χ4n) is 4.44. The molecule has 0 radical (unpaired) electrons. The first-order valence-corrected chi connectivity index (χ1v) is 12.2. The zero-order valence-electron chi connectivity index (χ0n) is 20.6. The Morgan fingerprint density at radius 3 is 2.06 bits per heavy atom. The molecule has 0 aliphatic carbocycles. The maximum Gasteiger partial charge on any atom is 0.0685 e. The van der Waals surface area contributed by atoms with Crippen LogP contribution in [0.3, 0.4) is 0 Å². The fraction of sp³-hybridized carbons (Fsp3) is 0.517. The Morgan fingerprint density at radius 2 is 1.50 bits per heavy atom. The van der Waals surface area contributed by atoms with E-state index in [4.69, 9.17) is 0 Å². The summed E-state index contributed by atoms with van der Waals surface area (Å²) in [4.78, 5) is 0. The lowest BCUT2D eigenvalue weighted by atomic mass is 9.74. The molecule has 0 aliphatic heterocycles. The molecule has 0 aliphatic rings. The molecule has 0 spiro atoms. The Hall–Kier alpha value is -1.94. The lowest BCUT2D eigenvalue weighted by molar-refractivity contribution is 0.116. The zero-order chi connectivity index (χ0) is 23.7. The molecule has 2 rings (SSSR count). The summed E-state index contributed by atoms with van der Waals surface area (Å²) in [6.07, 6.45) is 8.88. The number of aliphatic hydroxyl groups is 3.